The summed E-state index contributed by atoms with van der Waals surface area (Å²) >= 11 is 0. The predicted octanol–water partition coefficient (Wildman–Crippen LogP) is 7.85. The predicted molar refractivity (Wildman–Crippen MR) is 143 cm³/mol. The normalized spacial score (nSPS) is 12.3. The molecule has 0 aliphatic rings. The van der Waals surface area contributed by atoms with Gasteiger partial charge >= 0.3 is 10.1 Å². The maximum atomic E-state index is 13.9. The summed E-state index contributed by atoms with van der Waals surface area (Å²) in [5, 5.41) is 0. The van der Waals surface area contributed by atoms with Gasteiger partial charge in [0.05, 0.1) is 26.7 Å². The van der Waals surface area contributed by atoms with Gasteiger partial charge in [0, 0.05) is 0 Å². The van der Waals surface area contributed by atoms with Gasteiger partial charge in [-0.3, -0.25) is 3.63 Å². The molecule has 0 amide bonds. The second-order valence-electron chi connectivity index (χ2n) is 8.22. The summed E-state index contributed by atoms with van der Waals surface area (Å²) in [5.41, 5.74) is 0.989. The third-order valence-corrected chi connectivity index (χ3v) is 11.1. The molecule has 0 atom stereocenters. The van der Waals surface area contributed by atoms with E-state index in [1.807, 2.05) is 91.9 Å². The highest BCUT2D eigenvalue weighted by Gasteiger charge is 2.45. The standard InChI is InChI=1S/C29H30O4S2/c1-3-4-23-32-28-17-11-12-18-29(28)34(25-13-7-5-8-14-25,26-15-9-6-10-16-26)33-35(30,31)27-21-19-24(2)20-22-27/h5-22H,3-4,23H2,1-2H3/p+1. The van der Waals surface area contributed by atoms with Gasteiger partial charge < -0.3 is 4.74 Å². The van der Waals surface area contributed by atoms with Gasteiger partial charge in [0.1, 0.15) is 15.5 Å². The largest absolute Gasteiger partial charge is 0.492 e. The van der Waals surface area contributed by atoms with E-state index in [0.29, 0.717) is 12.4 Å². The Hall–Kier alpha value is -3.06. The van der Waals surface area contributed by atoms with Crippen LogP contribution in [0.15, 0.2) is 129 Å². The fourth-order valence-corrected chi connectivity index (χ4v) is 9.38. The third-order valence-electron chi connectivity index (χ3n) is 5.62. The first-order valence-electron chi connectivity index (χ1n) is 11.7. The van der Waals surface area contributed by atoms with E-state index in [2.05, 4.69) is 6.92 Å². The van der Waals surface area contributed by atoms with Gasteiger partial charge in [0.25, 0.3) is 0 Å². The summed E-state index contributed by atoms with van der Waals surface area (Å²) in [4.78, 5) is 2.60. The number of para-hydroxylation sites is 1. The van der Waals surface area contributed by atoms with Gasteiger partial charge in [-0.1, -0.05) is 79.6 Å². The van der Waals surface area contributed by atoms with Crippen LogP contribution in [0.3, 0.4) is 0 Å². The molecule has 182 valence electrons. The molecular formula is C29H31O4S2+. The zero-order valence-corrected chi connectivity index (χ0v) is 21.6. The second kappa shape index (κ2) is 11.1. The smallest absolute Gasteiger partial charge is 0.422 e. The Kier molecular flexibility index (Phi) is 7.96. The lowest BCUT2D eigenvalue weighted by Crippen LogP contribution is -2.19. The number of unbranched alkanes of at least 4 members (excludes halogenated alkanes) is 1. The Labute approximate surface area is 210 Å². The zero-order valence-electron chi connectivity index (χ0n) is 20.0. The molecule has 0 saturated heterocycles. The fraction of sp³-hybridized carbons (Fsp3) is 0.172. The van der Waals surface area contributed by atoms with E-state index < -0.39 is 20.4 Å². The van der Waals surface area contributed by atoms with E-state index in [-0.39, 0.29) is 4.90 Å². The zero-order chi connectivity index (χ0) is 24.7. The lowest BCUT2D eigenvalue weighted by molar-refractivity contribution is 0.300. The van der Waals surface area contributed by atoms with Crippen molar-refractivity contribution >= 4 is 20.4 Å². The molecule has 0 radical (unpaired) electrons. The molecule has 4 aromatic rings. The van der Waals surface area contributed by atoms with E-state index in [9.17, 15) is 8.42 Å². The Bertz CT molecular complexity index is 1300. The Balaban J connectivity index is 1.99. The van der Waals surface area contributed by atoms with Crippen LogP contribution in [0.2, 0.25) is 0 Å². The van der Waals surface area contributed by atoms with E-state index in [1.165, 1.54) is 0 Å². The molecule has 35 heavy (non-hydrogen) atoms. The summed E-state index contributed by atoms with van der Waals surface area (Å²) in [6.07, 6.45) is 1.91. The molecule has 0 fully saturated rings. The summed E-state index contributed by atoms with van der Waals surface area (Å²) in [7, 11) is -6.62. The summed E-state index contributed by atoms with van der Waals surface area (Å²) in [6.45, 7) is 4.60. The molecule has 0 aliphatic carbocycles. The van der Waals surface area contributed by atoms with Gasteiger partial charge in [0.2, 0.25) is 0 Å². The van der Waals surface area contributed by atoms with Crippen LogP contribution in [-0.2, 0) is 10.1 Å². The number of ether oxygens (including phenoxy) is 1. The molecule has 0 saturated carbocycles. The number of rotatable bonds is 10. The summed E-state index contributed by atoms with van der Waals surface area (Å²) < 4.78 is 38.8. The van der Waals surface area contributed by atoms with E-state index >= 15 is 0 Å². The van der Waals surface area contributed by atoms with Crippen LogP contribution in [0, 0.1) is 6.92 Å². The molecule has 4 nitrogen and oxygen atoms in total. The minimum Gasteiger partial charge on any atom is -0.492 e. The van der Waals surface area contributed by atoms with Crippen LogP contribution < -0.4 is 4.74 Å². The molecular weight excluding hydrogens is 476 g/mol. The highest BCUT2D eigenvalue weighted by molar-refractivity contribution is 8.32. The monoisotopic (exact) mass is 507 g/mol. The van der Waals surface area contributed by atoms with Crippen molar-refractivity contribution in [2.75, 3.05) is 6.61 Å². The highest BCUT2D eigenvalue weighted by atomic mass is 32.3. The van der Waals surface area contributed by atoms with Crippen LogP contribution in [-0.4, -0.2) is 18.7 Å². The van der Waals surface area contributed by atoms with Crippen molar-refractivity contribution in [3.05, 3.63) is 115 Å². The van der Waals surface area contributed by atoms with E-state index in [1.54, 1.807) is 24.3 Å². The first-order chi connectivity index (χ1) is 17.0. The highest BCUT2D eigenvalue weighted by Crippen LogP contribution is 2.70. The maximum Gasteiger partial charge on any atom is 0.422 e. The molecule has 6 heteroatoms. The van der Waals surface area contributed by atoms with Crippen LogP contribution in [0.4, 0.5) is 0 Å². The summed E-state index contributed by atoms with van der Waals surface area (Å²) in [6, 6.07) is 33.9. The third kappa shape index (κ3) is 5.45. The average Bonchev–Trinajstić information content (AvgIpc) is 2.89. The topological polar surface area (TPSA) is 56.2 Å². The Morgan fingerprint density at radius 3 is 1.80 bits per heavy atom. The maximum absolute atomic E-state index is 13.9. The quantitative estimate of drug-likeness (QED) is 0.125. The summed E-state index contributed by atoms with van der Waals surface area (Å²) in [5.74, 6) is 0.659. The molecule has 0 aliphatic heterocycles. The molecule has 4 aromatic carbocycles. The molecule has 0 spiro atoms. The van der Waals surface area contributed by atoms with Crippen molar-refractivity contribution in [2.45, 2.75) is 46.3 Å². The molecule has 0 aromatic heterocycles. The Morgan fingerprint density at radius 2 is 1.23 bits per heavy atom. The van der Waals surface area contributed by atoms with Gasteiger partial charge in [-0.25, -0.2) is 0 Å². The van der Waals surface area contributed by atoms with Crippen LogP contribution in [0.1, 0.15) is 25.3 Å². The van der Waals surface area contributed by atoms with Crippen LogP contribution in [0.25, 0.3) is 0 Å². The van der Waals surface area contributed by atoms with Gasteiger partial charge in [-0.05, 0) is 61.9 Å². The fourth-order valence-electron chi connectivity index (χ4n) is 3.79. The van der Waals surface area contributed by atoms with Crippen molar-refractivity contribution in [1.29, 1.82) is 0 Å². The number of hydrogen-bond acceptors (Lipinski definition) is 3. The van der Waals surface area contributed by atoms with Crippen molar-refractivity contribution in [3.8, 4) is 5.75 Å². The molecule has 4 rings (SSSR count). The van der Waals surface area contributed by atoms with Crippen LogP contribution >= 0.6 is 10.3 Å². The average molecular weight is 508 g/mol. The van der Waals surface area contributed by atoms with Crippen molar-refractivity contribution in [1.82, 2.24) is 0 Å². The van der Waals surface area contributed by atoms with Crippen molar-refractivity contribution in [2.24, 2.45) is 0 Å². The van der Waals surface area contributed by atoms with Gasteiger partial charge in [0.15, 0.2) is 0 Å². The van der Waals surface area contributed by atoms with Crippen molar-refractivity contribution < 1.29 is 16.8 Å². The molecule has 0 unspecified atom stereocenters. The lowest BCUT2D eigenvalue weighted by atomic mass is 10.2. The van der Waals surface area contributed by atoms with E-state index in [0.717, 1.165) is 33.1 Å². The molecule has 1 N–H and O–H groups in total. The first kappa shape index (κ1) is 25.0. The number of benzene rings is 4. The Morgan fingerprint density at radius 1 is 0.686 bits per heavy atom. The number of hydrogen-bond donors (Lipinski definition) is 0. The van der Waals surface area contributed by atoms with E-state index in [4.69, 9.17) is 8.37 Å². The van der Waals surface area contributed by atoms with Crippen LogP contribution in [0.5, 0.6) is 5.75 Å². The number of aryl methyl sites for hydroxylation is 1. The molecule has 0 bridgehead atoms. The SMILES string of the molecule is CCCCOc1ccccc1S([OH+]S(=O)(=O)c1ccc(C)cc1)(c1ccccc1)c1ccccc1. The minimum atomic E-state index is -4.01. The second-order valence-corrected chi connectivity index (χ2v) is 12.8. The lowest BCUT2D eigenvalue weighted by Gasteiger charge is -2.35. The van der Waals surface area contributed by atoms with Gasteiger partial charge in [-0.15, -0.1) is 8.42 Å². The first-order valence-corrected chi connectivity index (χ1v) is 14.7. The molecule has 0 heterocycles. The van der Waals surface area contributed by atoms with Crippen molar-refractivity contribution in [3.63, 3.8) is 0 Å². The van der Waals surface area contributed by atoms with Gasteiger partial charge in [-0.2, -0.15) is 0 Å². The minimum absolute atomic E-state index is 0.177.